The minimum Gasteiger partial charge on any atom is -1.00 e. The molecular formula is C40H48Br2N2O4. The summed E-state index contributed by atoms with van der Waals surface area (Å²) in [5.41, 5.74) is 8.04. The first kappa shape index (κ1) is 38.8. The highest BCUT2D eigenvalue weighted by Crippen LogP contribution is 2.40. The lowest BCUT2D eigenvalue weighted by molar-refractivity contribution is -0.439. The Hall–Kier alpha value is -3.62. The number of alkyl halides is 1. The first-order valence-electron chi connectivity index (χ1n) is 16.2. The van der Waals surface area contributed by atoms with Gasteiger partial charge in [0.15, 0.2) is 12.3 Å². The second-order valence-corrected chi connectivity index (χ2v) is 13.6. The van der Waals surface area contributed by atoms with Crippen molar-refractivity contribution < 1.29 is 41.2 Å². The third kappa shape index (κ3) is 9.73. The van der Waals surface area contributed by atoms with E-state index in [0.29, 0.717) is 13.2 Å². The largest absolute Gasteiger partial charge is 1.00 e. The molecule has 0 saturated carbocycles. The molecule has 0 amide bonds. The van der Waals surface area contributed by atoms with E-state index < -0.39 is 0 Å². The molecule has 6 nitrogen and oxygen atoms in total. The fourth-order valence-corrected chi connectivity index (χ4v) is 5.82. The average molecular weight is 781 g/mol. The number of phenolic OH excluding ortho intramolecular Hbond substituents is 2. The number of benzene rings is 4. The Morgan fingerprint density at radius 2 is 1.17 bits per heavy atom. The molecule has 0 saturated heterocycles. The van der Waals surface area contributed by atoms with E-state index in [0.717, 1.165) is 41.9 Å². The van der Waals surface area contributed by atoms with Gasteiger partial charge in [-0.1, -0.05) is 66.2 Å². The van der Waals surface area contributed by atoms with E-state index in [1.165, 1.54) is 28.2 Å². The smallest absolute Gasteiger partial charge is 0.209 e. The van der Waals surface area contributed by atoms with Crippen LogP contribution in [0.3, 0.4) is 0 Å². The van der Waals surface area contributed by atoms with Gasteiger partial charge >= 0.3 is 0 Å². The molecule has 0 radical (unpaired) electrons. The number of aliphatic imine (C=N–C) groups is 1. The topological polar surface area (TPSA) is 74.3 Å². The highest BCUT2D eigenvalue weighted by Gasteiger charge is 2.42. The summed E-state index contributed by atoms with van der Waals surface area (Å²) in [6.45, 7) is 15.6. The van der Waals surface area contributed by atoms with Gasteiger partial charge in [0.25, 0.3) is 0 Å². The molecule has 2 aliphatic rings. The molecule has 4 aromatic carbocycles. The molecule has 0 aromatic heterocycles. The Kier molecular flexibility index (Phi) is 14.3. The number of halogens is 2. The molecule has 48 heavy (non-hydrogen) atoms. The van der Waals surface area contributed by atoms with Gasteiger partial charge < -0.3 is 36.7 Å². The van der Waals surface area contributed by atoms with Crippen LogP contribution in [0.2, 0.25) is 0 Å². The number of aromatic hydroxyl groups is 2. The highest BCUT2D eigenvalue weighted by atomic mass is 79.9. The van der Waals surface area contributed by atoms with Gasteiger partial charge in [0.05, 0.1) is 24.3 Å². The summed E-state index contributed by atoms with van der Waals surface area (Å²) < 4.78 is 13.5. The van der Waals surface area contributed by atoms with E-state index in [9.17, 15) is 5.11 Å². The van der Waals surface area contributed by atoms with Crippen LogP contribution in [0.1, 0.15) is 65.5 Å². The van der Waals surface area contributed by atoms with Crippen molar-refractivity contribution in [2.45, 2.75) is 65.2 Å². The summed E-state index contributed by atoms with van der Waals surface area (Å²) in [5, 5.41) is 19.2. The van der Waals surface area contributed by atoms with Gasteiger partial charge in [0.1, 0.15) is 23.0 Å². The monoisotopic (exact) mass is 778 g/mol. The first-order valence-corrected chi connectivity index (χ1v) is 17.3. The molecule has 2 heterocycles. The summed E-state index contributed by atoms with van der Waals surface area (Å²) in [6, 6.07) is 30.6. The molecule has 2 aliphatic heterocycles. The van der Waals surface area contributed by atoms with Crippen molar-refractivity contribution >= 4 is 38.7 Å². The van der Waals surface area contributed by atoms with E-state index in [1.54, 1.807) is 48.5 Å². The van der Waals surface area contributed by atoms with Crippen LogP contribution in [-0.4, -0.2) is 51.3 Å². The van der Waals surface area contributed by atoms with E-state index >= 15 is 0 Å². The Balaban J connectivity index is 0.000000212. The van der Waals surface area contributed by atoms with Crippen LogP contribution in [0, 0.1) is 0 Å². The van der Waals surface area contributed by atoms with Gasteiger partial charge in [0.2, 0.25) is 5.69 Å². The normalized spacial score (nSPS) is 14.6. The van der Waals surface area contributed by atoms with E-state index in [-0.39, 0.29) is 39.3 Å². The third-order valence-electron chi connectivity index (χ3n) is 8.96. The number of nitrogens with zero attached hydrogens (tertiary/aromatic N) is 2. The number of fused-ring (bicyclic) bond motifs is 2. The number of phenols is 2. The Bertz CT molecular complexity index is 1680. The fraction of sp³-hybridized carbons (Fsp3) is 0.350. The van der Waals surface area contributed by atoms with Crippen LogP contribution < -0.4 is 26.5 Å². The van der Waals surface area contributed by atoms with Crippen LogP contribution >= 0.6 is 15.9 Å². The molecule has 0 fully saturated rings. The Labute approximate surface area is 305 Å². The summed E-state index contributed by atoms with van der Waals surface area (Å²) in [5.74, 6) is 2.13. The summed E-state index contributed by atoms with van der Waals surface area (Å²) in [4.78, 5) is 4.52. The molecule has 0 unspecified atom stereocenters. The SMILES string of the molecule is CC1=Nc2ccccc2C1(C)C.CC1=[N+](CCCOc2ccc(O)cc2)c2ccccc2C1(C)C.Oc1ccc(OCCCBr)cc1.[Br-]. The molecule has 8 heteroatoms. The standard InChI is InChI=1S/C20H23NO2.C11H13N.C9H11BrO2.BrH/c1-15-20(2,3)18-7-4-5-8-19(18)21(15)13-6-14-23-17-11-9-16(22)10-12-17;1-8-11(2,3)9-6-4-5-7-10(9)12-8;10-6-1-7-12-9-4-2-8(11)3-5-9;/h4-5,7-12H,6,13-14H2,1-3H3;4-7H,1-3H3;2-5,11H,1,6-7H2;1H. The molecular weight excluding hydrogens is 732 g/mol. The molecule has 6 rings (SSSR count). The first-order chi connectivity index (χ1) is 22.4. The zero-order chi connectivity index (χ0) is 34.0. The maximum absolute atomic E-state index is 9.28. The second-order valence-electron chi connectivity index (χ2n) is 12.8. The Morgan fingerprint density at radius 1 is 0.667 bits per heavy atom. The van der Waals surface area contributed by atoms with Crippen molar-refractivity contribution in [3.05, 3.63) is 108 Å². The van der Waals surface area contributed by atoms with Crippen LogP contribution in [0.25, 0.3) is 0 Å². The predicted molar refractivity (Wildman–Crippen MR) is 197 cm³/mol. The van der Waals surface area contributed by atoms with E-state index in [1.807, 2.05) is 6.07 Å². The van der Waals surface area contributed by atoms with Gasteiger partial charge in [-0.25, -0.2) is 0 Å². The van der Waals surface area contributed by atoms with Gasteiger partial charge in [0, 0.05) is 41.4 Å². The quantitative estimate of drug-likeness (QED) is 0.110. The van der Waals surface area contributed by atoms with Crippen LogP contribution in [0.4, 0.5) is 11.4 Å². The van der Waals surface area contributed by atoms with E-state index in [4.69, 9.17) is 14.6 Å². The molecule has 0 aliphatic carbocycles. The predicted octanol–water partition coefficient (Wildman–Crippen LogP) is 6.89. The number of hydrogen-bond donors (Lipinski definition) is 2. The molecule has 2 N–H and O–H groups in total. The van der Waals surface area contributed by atoms with Crippen molar-refractivity contribution in [3.8, 4) is 23.0 Å². The lowest BCUT2D eigenvalue weighted by atomic mass is 9.82. The van der Waals surface area contributed by atoms with Gasteiger partial charge in [-0.15, -0.1) is 0 Å². The Morgan fingerprint density at radius 3 is 1.71 bits per heavy atom. The maximum Gasteiger partial charge on any atom is 0.209 e. The van der Waals surface area contributed by atoms with E-state index in [2.05, 4.69) is 110 Å². The summed E-state index contributed by atoms with van der Waals surface area (Å²) in [7, 11) is 0. The lowest BCUT2D eigenvalue weighted by Crippen LogP contribution is -3.00. The molecule has 0 spiro atoms. The maximum atomic E-state index is 9.28. The molecule has 4 aromatic rings. The number of ether oxygens (including phenoxy) is 2. The second kappa shape index (κ2) is 17.7. The molecule has 0 atom stereocenters. The van der Waals surface area contributed by atoms with Crippen LogP contribution in [0.15, 0.2) is 102 Å². The zero-order valence-corrected chi connectivity index (χ0v) is 32.0. The van der Waals surface area contributed by atoms with Crippen LogP contribution in [-0.2, 0) is 10.8 Å². The summed E-state index contributed by atoms with van der Waals surface area (Å²) in [6.07, 6.45) is 1.93. The third-order valence-corrected chi connectivity index (χ3v) is 9.52. The fourth-order valence-electron chi connectivity index (χ4n) is 5.60. The van der Waals surface area contributed by atoms with Gasteiger partial charge in [-0.05, 0) is 87.4 Å². The van der Waals surface area contributed by atoms with Crippen molar-refractivity contribution in [3.63, 3.8) is 0 Å². The summed E-state index contributed by atoms with van der Waals surface area (Å²) >= 11 is 3.31. The van der Waals surface area contributed by atoms with Crippen molar-refractivity contribution in [2.75, 3.05) is 25.1 Å². The van der Waals surface area contributed by atoms with Crippen LogP contribution in [0.5, 0.6) is 23.0 Å². The average Bonchev–Trinajstić information content (AvgIpc) is 3.41. The minimum absolute atomic E-state index is 0. The van der Waals surface area contributed by atoms with Crippen molar-refractivity contribution in [1.29, 1.82) is 0 Å². The number of rotatable bonds is 9. The lowest BCUT2D eigenvalue weighted by Gasteiger charge is -2.19. The molecule has 256 valence electrons. The molecule has 0 bridgehead atoms. The number of para-hydroxylation sites is 2. The van der Waals surface area contributed by atoms with Crippen molar-refractivity contribution in [1.82, 2.24) is 0 Å². The van der Waals surface area contributed by atoms with Crippen molar-refractivity contribution in [2.24, 2.45) is 4.99 Å². The highest BCUT2D eigenvalue weighted by molar-refractivity contribution is 9.09. The zero-order valence-electron chi connectivity index (χ0n) is 28.8. The number of hydrogen-bond acceptors (Lipinski definition) is 5. The van der Waals surface area contributed by atoms with Gasteiger partial charge in [-0.3, -0.25) is 4.99 Å². The van der Waals surface area contributed by atoms with Gasteiger partial charge in [-0.2, -0.15) is 4.58 Å². The minimum atomic E-state index is 0.